The Bertz CT molecular complexity index is 1580. The van der Waals surface area contributed by atoms with Crippen molar-refractivity contribution in [1.29, 1.82) is 5.26 Å². The van der Waals surface area contributed by atoms with Crippen LogP contribution in [0, 0.1) is 17.2 Å². The van der Waals surface area contributed by atoms with E-state index in [1.165, 1.54) is 30.7 Å². The zero-order chi connectivity index (χ0) is 31.4. The normalized spacial score (nSPS) is 19.2. The van der Waals surface area contributed by atoms with Crippen LogP contribution in [0.3, 0.4) is 0 Å². The fraction of sp³-hybridized carbons (Fsp3) is 0.452. The minimum Gasteiger partial charge on any atom is -0.406 e. The van der Waals surface area contributed by atoms with Crippen LogP contribution < -0.4 is 15.0 Å². The van der Waals surface area contributed by atoms with Crippen LogP contribution in [0.15, 0.2) is 60.9 Å². The number of alkyl halides is 3. The summed E-state index contributed by atoms with van der Waals surface area (Å²) in [6, 6.07) is 15.4. The quantitative estimate of drug-likeness (QED) is 0.373. The Hall–Kier alpha value is -4.05. The number of rotatable bonds is 6. The van der Waals surface area contributed by atoms with Gasteiger partial charge in [0.25, 0.3) is 0 Å². The van der Waals surface area contributed by atoms with Crippen LogP contribution in [0.2, 0.25) is 0 Å². The topological polar surface area (TPSA) is 117 Å². The average molecular weight is 632 g/mol. The molecule has 1 amide bonds. The second-order valence-electron chi connectivity index (χ2n) is 11.4. The van der Waals surface area contributed by atoms with Crippen molar-refractivity contribution in [3.63, 3.8) is 0 Å². The summed E-state index contributed by atoms with van der Waals surface area (Å²) in [5.41, 5.74) is 2.85. The summed E-state index contributed by atoms with van der Waals surface area (Å²) in [7, 11) is -2.93. The number of ether oxygens (including phenoxy) is 1. The van der Waals surface area contributed by atoms with Gasteiger partial charge in [0.15, 0.2) is 9.84 Å². The van der Waals surface area contributed by atoms with Crippen LogP contribution in [0.5, 0.6) is 5.75 Å². The van der Waals surface area contributed by atoms with Crippen LogP contribution in [0.4, 0.5) is 18.9 Å². The lowest BCUT2D eigenvalue weighted by atomic mass is 9.88. The van der Waals surface area contributed by atoms with Crippen molar-refractivity contribution >= 4 is 21.4 Å². The number of aromatic nitrogens is 2. The van der Waals surface area contributed by atoms with Crippen molar-refractivity contribution in [3.05, 3.63) is 60.9 Å². The summed E-state index contributed by atoms with van der Waals surface area (Å²) in [4.78, 5) is 13.8. The maximum Gasteiger partial charge on any atom is 0.573 e. The first kappa shape index (κ1) is 31.4. The monoisotopic (exact) mass is 631 g/mol. The van der Waals surface area contributed by atoms with E-state index in [2.05, 4.69) is 21.2 Å². The predicted octanol–water partition coefficient (Wildman–Crippen LogP) is 5.66. The van der Waals surface area contributed by atoms with Crippen molar-refractivity contribution in [3.8, 4) is 28.6 Å². The molecule has 2 aromatic carbocycles. The van der Waals surface area contributed by atoms with Crippen molar-refractivity contribution in [1.82, 2.24) is 15.1 Å². The SMILES string of the molecule is N#CC1(NC(=O)C2CCCCC2)CC1.O=S1(=O)CCN(c2ccc(-c3cnn(-c4ccc(OC(F)(F)F)cc4)c3)cc2)CC1.[HH]. The van der Waals surface area contributed by atoms with Gasteiger partial charge in [0.1, 0.15) is 11.3 Å². The first-order valence-electron chi connectivity index (χ1n) is 14.6. The molecule has 0 unspecified atom stereocenters. The Labute approximate surface area is 256 Å². The summed E-state index contributed by atoms with van der Waals surface area (Å²) in [5.74, 6) is 0.320. The lowest BCUT2D eigenvalue weighted by Crippen LogP contribution is -2.40. The van der Waals surface area contributed by atoms with E-state index < -0.39 is 21.7 Å². The van der Waals surface area contributed by atoms with Crippen LogP contribution in [-0.2, 0) is 14.6 Å². The third kappa shape index (κ3) is 8.31. The molecular weight excluding hydrogens is 595 g/mol. The average Bonchev–Trinajstić information content (AvgIpc) is 3.60. The van der Waals surface area contributed by atoms with Gasteiger partial charge in [-0.05, 0) is 67.6 Å². The van der Waals surface area contributed by atoms with E-state index in [-0.39, 0.29) is 30.5 Å². The van der Waals surface area contributed by atoms with Crippen LogP contribution >= 0.6 is 0 Å². The summed E-state index contributed by atoms with van der Waals surface area (Å²) >= 11 is 0. The summed E-state index contributed by atoms with van der Waals surface area (Å²) < 4.78 is 65.4. The maximum atomic E-state index is 12.3. The fourth-order valence-corrected chi connectivity index (χ4v) is 6.54. The standard InChI is InChI=1S/C20H18F3N3O3S.C11H16N2O.H2/c21-20(22,23)29-19-7-5-18(6-8-19)26-14-16(13-24-26)15-1-3-17(4-2-15)25-9-11-30(27,28)12-10-25;12-8-11(6-7-11)13-10(14)9-4-2-1-3-5-9;/h1-8,13-14H,9-12H2;9H,1-7H2,(H,13,14);1H. The zero-order valence-corrected chi connectivity index (χ0v) is 24.9. The van der Waals surface area contributed by atoms with E-state index in [0.29, 0.717) is 18.8 Å². The highest BCUT2D eigenvalue weighted by Gasteiger charge is 2.45. The van der Waals surface area contributed by atoms with Gasteiger partial charge in [0, 0.05) is 37.9 Å². The summed E-state index contributed by atoms with van der Waals surface area (Å²) in [6.45, 7) is 0.960. The van der Waals surface area contributed by atoms with E-state index in [1.54, 1.807) is 17.1 Å². The Balaban J connectivity index is 0.000000258. The number of amides is 1. The molecule has 2 saturated carbocycles. The van der Waals surface area contributed by atoms with Crippen molar-refractivity contribution < 1.29 is 32.5 Å². The molecule has 2 heterocycles. The molecule has 9 nitrogen and oxygen atoms in total. The van der Waals surface area contributed by atoms with Gasteiger partial charge >= 0.3 is 6.36 Å². The minimum atomic E-state index is -4.73. The molecule has 3 aromatic rings. The summed E-state index contributed by atoms with van der Waals surface area (Å²) in [5, 5.41) is 16.0. The first-order valence-corrected chi connectivity index (χ1v) is 16.5. The van der Waals surface area contributed by atoms with Crippen LogP contribution in [-0.4, -0.2) is 60.6 Å². The molecule has 0 bridgehead atoms. The van der Waals surface area contributed by atoms with Gasteiger partial charge in [0.2, 0.25) is 5.91 Å². The number of sulfone groups is 1. The van der Waals surface area contributed by atoms with Gasteiger partial charge < -0.3 is 15.0 Å². The van der Waals surface area contributed by atoms with Gasteiger partial charge in [-0.2, -0.15) is 10.4 Å². The molecule has 1 aromatic heterocycles. The Morgan fingerprint density at radius 2 is 1.59 bits per heavy atom. The molecular formula is C31H36F3N5O4S. The van der Waals surface area contributed by atoms with Crippen molar-refractivity contribution in [2.75, 3.05) is 29.5 Å². The largest absolute Gasteiger partial charge is 0.573 e. The molecule has 1 aliphatic heterocycles. The van der Waals surface area contributed by atoms with Crippen molar-refractivity contribution in [2.45, 2.75) is 56.8 Å². The molecule has 236 valence electrons. The predicted molar refractivity (Wildman–Crippen MR) is 161 cm³/mol. The molecule has 13 heteroatoms. The van der Waals surface area contributed by atoms with Gasteiger partial charge in [-0.3, -0.25) is 4.79 Å². The molecule has 6 rings (SSSR count). The summed E-state index contributed by atoms with van der Waals surface area (Å²) in [6.07, 6.45) is 5.99. The highest BCUT2D eigenvalue weighted by atomic mass is 32.2. The number of halogens is 3. The van der Waals surface area contributed by atoms with Crippen LogP contribution in [0.25, 0.3) is 16.8 Å². The van der Waals surface area contributed by atoms with E-state index in [1.807, 2.05) is 29.2 Å². The minimum absolute atomic E-state index is 0. The third-order valence-corrected chi connectivity index (χ3v) is 9.74. The molecule has 3 fully saturated rings. The molecule has 1 N–H and O–H groups in total. The number of hydrogen-bond donors (Lipinski definition) is 1. The van der Waals surface area contributed by atoms with E-state index >= 15 is 0 Å². The number of hydrogen-bond acceptors (Lipinski definition) is 7. The fourth-order valence-electron chi connectivity index (χ4n) is 5.34. The lowest BCUT2D eigenvalue weighted by Gasteiger charge is -2.28. The Morgan fingerprint density at radius 3 is 2.16 bits per heavy atom. The number of nitriles is 1. The number of nitrogens with zero attached hydrogens (tertiary/aromatic N) is 4. The zero-order valence-electron chi connectivity index (χ0n) is 24.1. The van der Waals surface area contributed by atoms with E-state index in [9.17, 15) is 26.4 Å². The number of anilines is 1. The molecule has 0 atom stereocenters. The van der Waals surface area contributed by atoms with Gasteiger partial charge in [-0.1, -0.05) is 31.4 Å². The second-order valence-corrected chi connectivity index (χ2v) is 13.7. The Morgan fingerprint density at radius 1 is 0.977 bits per heavy atom. The third-order valence-electron chi connectivity index (χ3n) is 8.13. The smallest absolute Gasteiger partial charge is 0.406 e. The molecule has 1 saturated heterocycles. The number of benzene rings is 2. The highest BCUT2D eigenvalue weighted by Crippen LogP contribution is 2.35. The first-order chi connectivity index (χ1) is 20.9. The van der Waals surface area contributed by atoms with Crippen LogP contribution in [0.1, 0.15) is 46.4 Å². The van der Waals surface area contributed by atoms with Gasteiger partial charge in [-0.15, -0.1) is 13.2 Å². The maximum absolute atomic E-state index is 12.3. The molecule has 3 aliphatic rings. The number of carbonyl (C=O) groups is 1. The highest BCUT2D eigenvalue weighted by molar-refractivity contribution is 7.91. The van der Waals surface area contributed by atoms with Gasteiger partial charge in [0.05, 0.1) is 29.5 Å². The molecule has 0 radical (unpaired) electrons. The second kappa shape index (κ2) is 12.9. The lowest BCUT2D eigenvalue weighted by molar-refractivity contribution is -0.274. The Kier molecular flexibility index (Phi) is 9.20. The number of nitrogens with one attached hydrogen (secondary N) is 1. The van der Waals surface area contributed by atoms with E-state index in [0.717, 1.165) is 55.3 Å². The molecule has 0 spiro atoms. The molecule has 44 heavy (non-hydrogen) atoms. The molecule has 2 aliphatic carbocycles. The van der Waals surface area contributed by atoms with Gasteiger partial charge in [-0.25, -0.2) is 13.1 Å². The van der Waals surface area contributed by atoms with E-state index in [4.69, 9.17) is 5.26 Å². The number of carbonyl (C=O) groups excluding carboxylic acids is 1. The van der Waals surface area contributed by atoms with Crippen molar-refractivity contribution in [2.24, 2.45) is 5.92 Å².